The van der Waals surface area contributed by atoms with Crippen LogP contribution in [0.1, 0.15) is 0 Å². The van der Waals surface area contributed by atoms with Crippen LogP contribution in [0.4, 0.5) is 11.8 Å². The highest BCUT2D eigenvalue weighted by Crippen LogP contribution is 2.29. The minimum absolute atomic E-state index is 0.439. The van der Waals surface area contributed by atoms with Crippen LogP contribution in [0.15, 0.2) is 77.5 Å². The second kappa shape index (κ2) is 5.74. The Bertz CT molecular complexity index is 1220. The normalized spacial score (nSPS) is 11.3. The number of hydrogen-bond acceptors (Lipinski definition) is 4. The fourth-order valence-electron chi connectivity index (χ4n) is 3.17. The summed E-state index contributed by atoms with van der Waals surface area (Å²) in [6.45, 7) is 0. The van der Waals surface area contributed by atoms with Crippen LogP contribution in [0.5, 0.6) is 0 Å². The standard InChI is InChI=1S/C21H16N4O/c1-25-11-9-16-12-14(5-7-18(16)25)15-6-8-19-17(13-15)23-21(26-19)24-20-4-2-3-10-22-20/h2-13H,1H3,(H,22,23,24). The zero-order valence-electron chi connectivity index (χ0n) is 14.2. The predicted molar refractivity (Wildman–Crippen MR) is 103 cm³/mol. The molecule has 126 valence electrons. The van der Waals surface area contributed by atoms with Crippen LogP contribution in [-0.4, -0.2) is 14.5 Å². The Balaban J connectivity index is 1.52. The van der Waals surface area contributed by atoms with Crippen molar-refractivity contribution >= 4 is 33.8 Å². The number of nitrogens with one attached hydrogen (secondary N) is 1. The van der Waals surface area contributed by atoms with E-state index in [4.69, 9.17) is 4.42 Å². The molecule has 0 amide bonds. The van der Waals surface area contributed by atoms with E-state index in [1.807, 2.05) is 30.3 Å². The van der Waals surface area contributed by atoms with Gasteiger partial charge in [0.05, 0.1) is 0 Å². The molecule has 0 atom stereocenters. The van der Waals surface area contributed by atoms with Crippen molar-refractivity contribution in [3.8, 4) is 11.1 Å². The molecular weight excluding hydrogens is 324 g/mol. The first-order chi connectivity index (χ1) is 12.8. The van der Waals surface area contributed by atoms with E-state index in [0.29, 0.717) is 11.8 Å². The predicted octanol–water partition coefficient (Wildman–Crippen LogP) is 5.13. The van der Waals surface area contributed by atoms with Crippen molar-refractivity contribution in [2.45, 2.75) is 0 Å². The number of rotatable bonds is 3. The molecule has 0 aliphatic carbocycles. The summed E-state index contributed by atoms with van der Waals surface area (Å²) in [6.07, 6.45) is 3.80. The monoisotopic (exact) mass is 340 g/mol. The largest absolute Gasteiger partial charge is 0.423 e. The number of aromatic nitrogens is 3. The third-order valence-corrected chi connectivity index (χ3v) is 4.51. The third-order valence-electron chi connectivity index (χ3n) is 4.51. The van der Waals surface area contributed by atoms with Crippen molar-refractivity contribution in [1.29, 1.82) is 0 Å². The van der Waals surface area contributed by atoms with Crippen LogP contribution in [0.25, 0.3) is 33.1 Å². The molecule has 5 nitrogen and oxygen atoms in total. The van der Waals surface area contributed by atoms with Crippen molar-refractivity contribution in [3.63, 3.8) is 0 Å². The average Bonchev–Trinajstić information content (AvgIpc) is 3.24. The van der Waals surface area contributed by atoms with Crippen LogP contribution in [0.2, 0.25) is 0 Å². The Labute approximate surface area is 149 Å². The second-order valence-electron chi connectivity index (χ2n) is 6.24. The Hall–Kier alpha value is -3.60. The highest BCUT2D eigenvalue weighted by molar-refractivity contribution is 5.88. The second-order valence-corrected chi connectivity index (χ2v) is 6.24. The number of hydrogen-bond donors (Lipinski definition) is 1. The maximum atomic E-state index is 5.77. The summed E-state index contributed by atoms with van der Waals surface area (Å²) in [4.78, 5) is 8.77. The van der Waals surface area contributed by atoms with E-state index in [2.05, 4.69) is 63.4 Å². The van der Waals surface area contributed by atoms with Gasteiger partial charge in [-0.2, -0.15) is 4.98 Å². The summed E-state index contributed by atoms with van der Waals surface area (Å²) in [5, 5.41) is 4.31. The van der Waals surface area contributed by atoms with Gasteiger partial charge >= 0.3 is 6.01 Å². The molecule has 1 N–H and O–H groups in total. The molecule has 0 unspecified atom stereocenters. The van der Waals surface area contributed by atoms with Crippen molar-refractivity contribution in [2.24, 2.45) is 7.05 Å². The molecule has 0 aliphatic rings. The van der Waals surface area contributed by atoms with Gasteiger partial charge in [-0.15, -0.1) is 0 Å². The molecule has 0 saturated carbocycles. The van der Waals surface area contributed by atoms with Gasteiger partial charge in [0.1, 0.15) is 11.3 Å². The Morgan fingerprint density at radius 2 is 1.85 bits per heavy atom. The summed E-state index contributed by atoms with van der Waals surface area (Å²) in [7, 11) is 2.06. The van der Waals surface area contributed by atoms with E-state index >= 15 is 0 Å². The SMILES string of the molecule is Cn1ccc2cc(-c3ccc4oc(Nc5ccccn5)nc4c3)ccc21. The maximum absolute atomic E-state index is 5.77. The highest BCUT2D eigenvalue weighted by atomic mass is 16.4. The van der Waals surface area contributed by atoms with Crippen molar-refractivity contribution < 1.29 is 4.42 Å². The molecule has 0 radical (unpaired) electrons. The number of aryl methyl sites for hydroxylation is 1. The Morgan fingerprint density at radius 1 is 0.962 bits per heavy atom. The van der Waals surface area contributed by atoms with Crippen molar-refractivity contribution in [1.82, 2.24) is 14.5 Å². The maximum Gasteiger partial charge on any atom is 0.301 e. The van der Waals surface area contributed by atoms with Gasteiger partial charge in [-0.05, 0) is 53.6 Å². The van der Waals surface area contributed by atoms with Gasteiger partial charge in [-0.1, -0.05) is 18.2 Å². The first-order valence-electron chi connectivity index (χ1n) is 8.40. The lowest BCUT2D eigenvalue weighted by molar-refractivity contribution is 0.622. The number of anilines is 2. The van der Waals surface area contributed by atoms with Crippen molar-refractivity contribution in [3.05, 3.63) is 73.1 Å². The summed E-state index contributed by atoms with van der Waals surface area (Å²) >= 11 is 0. The van der Waals surface area contributed by atoms with E-state index in [1.165, 1.54) is 10.9 Å². The van der Waals surface area contributed by atoms with Crippen LogP contribution in [0, 0.1) is 0 Å². The van der Waals surface area contributed by atoms with E-state index in [0.717, 1.165) is 22.2 Å². The van der Waals surface area contributed by atoms with Crippen LogP contribution < -0.4 is 5.32 Å². The molecule has 3 heterocycles. The molecule has 0 spiro atoms. The first kappa shape index (κ1) is 14.7. The fourth-order valence-corrected chi connectivity index (χ4v) is 3.17. The lowest BCUT2D eigenvalue weighted by Crippen LogP contribution is -1.91. The molecule has 0 aliphatic heterocycles. The van der Waals surface area contributed by atoms with Crippen molar-refractivity contribution in [2.75, 3.05) is 5.32 Å². The quantitative estimate of drug-likeness (QED) is 0.495. The summed E-state index contributed by atoms with van der Waals surface area (Å²) < 4.78 is 7.89. The molecule has 3 aromatic heterocycles. The van der Waals surface area contributed by atoms with E-state index < -0.39 is 0 Å². The van der Waals surface area contributed by atoms with Gasteiger partial charge in [0.2, 0.25) is 0 Å². The molecule has 5 aromatic rings. The van der Waals surface area contributed by atoms with Gasteiger partial charge in [-0.25, -0.2) is 4.98 Å². The highest BCUT2D eigenvalue weighted by Gasteiger charge is 2.09. The molecule has 0 bridgehead atoms. The summed E-state index contributed by atoms with van der Waals surface area (Å²) in [6, 6.07) is 20.8. The zero-order valence-corrected chi connectivity index (χ0v) is 14.2. The number of pyridine rings is 1. The number of benzene rings is 2. The Morgan fingerprint density at radius 3 is 2.73 bits per heavy atom. The first-order valence-corrected chi connectivity index (χ1v) is 8.40. The number of oxazole rings is 1. The lowest BCUT2D eigenvalue weighted by Gasteiger charge is -2.03. The topological polar surface area (TPSA) is 55.9 Å². The minimum atomic E-state index is 0.439. The molecule has 5 rings (SSSR count). The molecule has 2 aromatic carbocycles. The van der Waals surface area contributed by atoms with Gasteiger partial charge in [0, 0.05) is 30.3 Å². The Kier molecular flexibility index (Phi) is 3.25. The molecule has 0 saturated heterocycles. The smallest absolute Gasteiger partial charge is 0.301 e. The summed E-state index contributed by atoms with van der Waals surface area (Å²) in [5.41, 5.74) is 5.05. The molecule has 26 heavy (non-hydrogen) atoms. The minimum Gasteiger partial charge on any atom is -0.423 e. The molecular formula is C21H16N4O. The summed E-state index contributed by atoms with van der Waals surface area (Å²) in [5.74, 6) is 0.703. The van der Waals surface area contributed by atoms with Gasteiger partial charge in [0.25, 0.3) is 0 Å². The van der Waals surface area contributed by atoms with Crippen LogP contribution in [0.3, 0.4) is 0 Å². The molecule has 0 fully saturated rings. The fraction of sp³-hybridized carbons (Fsp3) is 0.0476. The van der Waals surface area contributed by atoms with E-state index in [-0.39, 0.29) is 0 Å². The molecule has 5 heteroatoms. The third kappa shape index (κ3) is 2.50. The van der Waals surface area contributed by atoms with Gasteiger partial charge in [0.15, 0.2) is 5.58 Å². The van der Waals surface area contributed by atoms with Crippen LogP contribution >= 0.6 is 0 Å². The van der Waals surface area contributed by atoms with E-state index in [1.54, 1.807) is 6.20 Å². The number of nitrogens with zero attached hydrogens (tertiary/aromatic N) is 3. The average molecular weight is 340 g/mol. The number of fused-ring (bicyclic) bond motifs is 2. The van der Waals surface area contributed by atoms with E-state index in [9.17, 15) is 0 Å². The van der Waals surface area contributed by atoms with Crippen LogP contribution in [-0.2, 0) is 7.05 Å². The van der Waals surface area contributed by atoms with Gasteiger partial charge < -0.3 is 8.98 Å². The zero-order chi connectivity index (χ0) is 17.5. The lowest BCUT2D eigenvalue weighted by atomic mass is 10.0. The van der Waals surface area contributed by atoms with Gasteiger partial charge in [-0.3, -0.25) is 5.32 Å².